The number of fused-ring (bicyclic) bond motifs is 1. The van der Waals surface area contributed by atoms with E-state index in [1.807, 2.05) is 0 Å². The largest absolute Gasteiger partial charge is 0.520 e. The Morgan fingerprint density at radius 2 is 1.45 bits per heavy atom. The number of carbonyl (C=O) groups excluding carboxylic acids is 3. The molecule has 0 aliphatic rings. The van der Waals surface area contributed by atoms with Gasteiger partial charge < -0.3 is 29.0 Å². The van der Waals surface area contributed by atoms with Crippen LogP contribution in [-0.4, -0.2) is 56.2 Å². The van der Waals surface area contributed by atoms with Crippen LogP contribution in [0.25, 0.3) is 10.9 Å². The minimum absolute atomic E-state index is 0.133. The van der Waals surface area contributed by atoms with Crippen LogP contribution in [0.15, 0.2) is 84.9 Å². The number of aromatic nitrogens is 1. The third-order valence-electron chi connectivity index (χ3n) is 5.26. The summed E-state index contributed by atoms with van der Waals surface area (Å²) >= 11 is 0. The Morgan fingerprint density at radius 1 is 0.763 bits per heavy atom. The second kappa shape index (κ2) is 13.0. The Hall–Kier alpha value is -4.67. The maximum absolute atomic E-state index is 13.1. The van der Waals surface area contributed by atoms with Crippen molar-refractivity contribution in [2.75, 3.05) is 33.5 Å². The molecule has 1 aromatic heterocycles. The van der Waals surface area contributed by atoms with Crippen LogP contribution in [0.5, 0.6) is 17.4 Å². The van der Waals surface area contributed by atoms with Gasteiger partial charge in [-0.3, -0.25) is 4.79 Å². The summed E-state index contributed by atoms with van der Waals surface area (Å²) in [6.07, 6.45) is -1.85. The number of amides is 1. The second-order valence-corrected chi connectivity index (χ2v) is 7.90. The van der Waals surface area contributed by atoms with Gasteiger partial charge in [-0.2, -0.15) is 0 Å². The van der Waals surface area contributed by atoms with Crippen LogP contribution in [0.3, 0.4) is 0 Å². The lowest BCUT2D eigenvalue weighted by Crippen LogP contribution is -2.27. The summed E-state index contributed by atoms with van der Waals surface area (Å²) in [4.78, 5) is 38.2. The molecule has 1 heterocycles. The van der Waals surface area contributed by atoms with E-state index in [1.54, 1.807) is 86.0 Å². The van der Waals surface area contributed by atoms with Crippen LogP contribution in [0.2, 0.25) is 0 Å². The molecule has 0 saturated carbocycles. The van der Waals surface area contributed by atoms with Gasteiger partial charge in [0, 0.05) is 30.7 Å². The summed E-state index contributed by atoms with van der Waals surface area (Å²) in [5.74, 6) is 0.122. The maximum atomic E-state index is 13.1. The van der Waals surface area contributed by atoms with E-state index < -0.39 is 12.2 Å². The highest BCUT2D eigenvalue weighted by atomic mass is 16.7. The van der Waals surface area contributed by atoms with E-state index in [1.165, 1.54) is 6.07 Å². The molecule has 0 spiro atoms. The summed E-state index contributed by atoms with van der Waals surface area (Å²) < 4.78 is 27.4. The van der Waals surface area contributed by atoms with Crippen LogP contribution in [0.1, 0.15) is 10.4 Å². The highest BCUT2D eigenvalue weighted by molar-refractivity contribution is 6.00. The van der Waals surface area contributed by atoms with Crippen molar-refractivity contribution in [1.29, 1.82) is 0 Å². The van der Waals surface area contributed by atoms with Gasteiger partial charge in [0.2, 0.25) is 5.88 Å². The van der Waals surface area contributed by atoms with Gasteiger partial charge >= 0.3 is 12.2 Å². The molecule has 1 N–H and O–H groups in total. The number of rotatable bonds is 10. The Balaban J connectivity index is 1.55. The Labute approximate surface area is 218 Å². The molecule has 0 unspecified atom stereocenters. The van der Waals surface area contributed by atoms with Gasteiger partial charge in [0.1, 0.15) is 11.5 Å². The fourth-order valence-corrected chi connectivity index (χ4v) is 3.50. The van der Waals surface area contributed by atoms with Crippen molar-refractivity contribution in [2.24, 2.45) is 0 Å². The number of methoxy groups -OCH3 is 1. The van der Waals surface area contributed by atoms with E-state index in [2.05, 4.69) is 5.32 Å². The molecule has 0 fully saturated rings. The second-order valence-electron chi connectivity index (χ2n) is 7.90. The number of para-hydroxylation sites is 2. The first-order valence-corrected chi connectivity index (χ1v) is 11.8. The molecular weight excluding hydrogens is 492 g/mol. The van der Waals surface area contributed by atoms with E-state index in [4.69, 9.17) is 23.7 Å². The molecule has 10 nitrogen and oxygen atoms in total. The van der Waals surface area contributed by atoms with Crippen LogP contribution in [0, 0.1) is 0 Å². The third kappa shape index (κ3) is 6.96. The molecule has 0 aliphatic carbocycles. The zero-order valence-corrected chi connectivity index (χ0v) is 20.6. The molecule has 4 rings (SSSR count). The van der Waals surface area contributed by atoms with Crippen LogP contribution in [0.4, 0.5) is 9.59 Å². The normalized spacial score (nSPS) is 10.7. The quantitative estimate of drug-likeness (QED) is 0.183. The van der Waals surface area contributed by atoms with Gasteiger partial charge in [0.25, 0.3) is 5.91 Å². The lowest BCUT2D eigenvalue weighted by molar-refractivity contribution is 0.0693. The molecule has 0 radical (unpaired) electrons. The molecule has 0 atom stereocenters. The van der Waals surface area contributed by atoms with Crippen LogP contribution >= 0.6 is 0 Å². The van der Waals surface area contributed by atoms with Gasteiger partial charge in [0.05, 0.1) is 25.3 Å². The molecule has 0 aliphatic heterocycles. The zero-order valence-electron chi connectivity index (χ0n) is 20.6. The van der Waals surface area contributed by atoms with Crippen molar-refractivity contribution in [3.05, 3.63) is 90.5 Å². The molecule has 38 heavy (non-hydrogen) atoms. The first kappa shape index (κ1) is 26.4. The van der Waals surface area contributed by atoms with E-state index in [0.717, 1.165) is 4.57 Å². The van der Waals surface area contributed by atoms with Crippen LogP contribution < -0.4 is 19.5 Å². The Kier molecular flexibility index (Phi) is 9.06. The number of benzene rings is 3. The summed E-state index contributed by atoms with van der Waals surface area (Å²) in [5, 5.41) is 3.24. The molecule has 10 heteroatoms. The summed E-state index contributed by atoms with van der Waals surface area (Å²) in [6, 6.07) is 23.0. The SMILES string of the molecule is COCCOCCNC(=O)c1ccc2c(c1)cc(OC(=O)Oc1ccccc1)n2C(=O)Oc1ccccc1. The van der Waals surface area contributed by atoms with Crippen molar-refractivity contribution in [3.8, 4) is 17.4 Å². The van der Waals surface area contributed by atoms with Gasteiger partial charge in [-0.1, -0.05) is 36.4 Å². The van der Waals surface area contributed by atoms with E-state index in [9.17, 15) is 14.4 Å². The summed E-state index contributed by atoms with van der Waals surface area (Å²) in [7, 11) is 1.58. The topological polar surface area (TPSA) is 114 Å². The molecule has 196 valence electrons. The lowest BCUT2D eigenvalue weighted by Gasteiger charge is -2.10. The molecule has 1 amide bonds. The Bertz CT molecular complexity index is 1390. The van der Waals surface area contributed by atoms with Crippen molar-refractivity contribution in [3.63, 3.8) is 0 Å². The van der Waals surface area contributed by atoms with Gasteiger partial charge in [-0.15, -0.1) is 0 Å². The number of hydrogen-bond acceptors (Lipinski definition) is 8. The fourth-order valence-electron chi connectivity index (χ4n) is 3.50. The molecule has 4 aromatic rings. The Morgan fingerprint density at radius 3 is 2.13 bits per heavy atom. The number of nitrogens with zero attached hydrogens (tertiary/aromatic N) is 1. The predicted molar refractivity (Wildman–Crippen MR) is 138 cm³/mol. The third-order valence-corrected chi connectivity index (χ3v) is 5.26. The predicted octanol–water partition coefficient (Wildman–Crippen LogP) is 4.66. The van der Waals surface area contributed by atoms with E-state index in [-0.39, 0.29) is 17.5 Å². The maximum Gasteiger partial charge on any atom is 0.520 e. The van der Waals surface area contributed by atoms with Gasteiger partial charge in [-0.05, 0) is 42.5 Å². The van der Waals surface area contributed by atoms with Gasteiger partial charge in [0.15, 0.2) is 0 Å². The highest BCUT2D eigenvalue weighted by Gasteiger charge is 2.22. The summed E-state index contributed by atoms with van der Waals surface area (Å²) in [5.41, 5.74) is 0.717. The number of hydrogen-bond donors (Lipinski definition) is 1. The zero-order chi connectivity index (χ0) is 26.7. The number of nitrogens with one attached hydrogen (secondary N) is 1. The van der Waals surface area contributed by atoms with Crippen molar-refractivity contribution in [2.45, 2.75) is 0 Å². The first-order chi connectivity index (χ1) is 18.5. The van der Waals surface area contributed by atoms with E-state index in [0.29, 0.717) is 48.6 Å². The molecule has 0 bridgehead atoms. The fraction of sp³-hybridized carbons (Fsp3) is 0.179. The van der Waals surface area contributed by atoms with Gasteiger partial charge in [-0.25, -0.2) is 14.2 Å². The van der Waals surface area contributed by atoms with Crippen molar-refractivity contribution < 1.29 is 38.1 Å². The molecule has 3 aromatic carbocycles. The monoisotopic (exact) mass is 518 g/mol. The highest BCUT2D eigenvalue weighted by Crippen LogP contribution is 2.28. The number of ether oxygens (including phenoxy) is 5. The molecule has 0 saturated heterocycles. The smallest absolute Gasteiger partial charge is 0.410 e. The van der Waals surface area contributed by atoms with Crippen molar-refractivity contribution in [1.82, 2.24) is 9.88 Å². The minimum atomic E-state index is -1.04. The lowest BCUT2D eigenvalue weighted by atomic mass is 10.1. The molecular formula is C28H26N2O8. The average molecular weight is 519 g/mol. The van der Waals surface area contributed by atoms with E-state index >= 15 is 0 Å². The average Bonchev–Trinajstić information content (AvgIpc) is 3.28. The summed E-state index contributed by atoms with van der Waals surface area (Å²) in [6.45, 7) is 1.54. The number of carbonyl (C=O) groups is 3. The minimum Gasteiger partial charge on any atom is -0.410 e. The van der Waals surface area contributed by atoms with Crippen LogP contribution in [-0.2, 0) is 9.47 Å². The van der Waals surface area contributed by atoms with Crippen molar-refractivity contribution >= 4 is 29.1 Å². The standard InChI is InChI=1S/C28H26N2O8/c1-34-16-17-35-15-14-29-26(31)20-12-13-24-21(18-20)19-25(38-28(33)37-23-10-6-3-7-11-23)30(24)27(32)36-22-8-4-2-5-9-22/h2-13,18-19H,14-17H2,1H3,(H,29,31). The first-order valence-electron chi connectivity index (χ1n) is 11.8.